The van der Waals surface area contributed by atoms with Gasteiger partial charge in [-0.25, -0.2) is 9.97 Å². The van der Waals surface area contributed by atoms with Crippen LogP contribution < -0.4 is 5.32 Å². The third-order valence-corrected chi connectivity index (χ3v) is 7.01. The van der Waals surface area contributed by atoms with E-state index in [-0.39, 0.29) is 11.3 Å². The smallest absolute Gasteiger partial charge is 0.339 e. The molecule has 2 aromatic carbocycles. The maximum atomic E-state index is 13.6. The summed E-state index contributed by atoms with van der Waals surface area (Å²) in [6, 6.07) is 10.3. The predicted octanol–water partition coefficient (Wildman–Crippen LogP) is 6.61. The van der Waals surface area contributed by atoms with E-state index < -0.39 is 23.5 Å². The van der Waals surface area contributed by atoms with Gasteiger partial charge in [0.15, 0.2) is 0 Å². The molecule has 40 heavy (non-hydrogen) atoms. The van der Waals surface area contributed by atoms with Crippen molar-refractivity contribution in [3.05, 3.63) is 77.7 Å². The zero-order valence-electron chi connectivity index (χ0n) is 21.5. The molecule has 6 nitrogen and oxygen atoms in total. The van der Waals surface area contributed by atoms with Crippen LogP contribution >= 0.6 is 0 Å². The lowest BCUT2D eigenvalue weighted by molar-refractivity contribution is -0.138. The first-order valence-electron chi connectivity index (χ1n) is 12.7. The molecule has 0 spiro atoms. The minimum Gasteiger partial charge on any atom is -0.339 e. The average Bonchev–Trinajstić information content (AvgIpc) is 2.93. The van der Waals surface area contributed by atoms with E-state index >= 15 is 0 Å². The van der Waals surface area contributed by atoms with Crippen LogP contribution in [-0.2, 0) is 18.9 Å². The number of anilines is 2. The number of nitrogens with one attached hydrogen (secondary N) is 1. The fourth-order valence-electron chi connectivity index (χ4n) is 4.82. The largest absolute Gasteiger partial charge is 0.418 e. The van der Waals surface area contributed by atoms with E-state index in [4.69, 9.17) is 0 Å². The lowest BCUT2D eigenvalue weighted by Crippen LogP contribution is -2.45. The molecule has 1 saturated heterocycles. The van der Waals surface area contributed by atoms with Gasteiger partial charge in [-0.3, -0.25) is 9.88 Å². The number of piperazine rings is 1. The first kappa shape index (κ1) is 27.8. The number of halogens is 6. The van der Waals surface area contributed by atoms with Gasteiger partial charge in [0, 0.05) is 55.6 Å². The van der Waals surface area contributed by atoms with Gasteiger partial charge in [-0.2, -0.15) is 26.3 Å². The third kappa shape index (κ3) is 6.02. The summed E-state index contributed by atoms with van der Waals surface area (Å²) in [5.74, 6) is 0.324. The SMILES string of the molecule is CCN1CCN(Cc2cc(C(F)(F)F)ccc2Nc2ncnc3cc(-c4ncccc4C(F)(F)F)ccc23)CC1. The molecule has 0 saturated carbocycles. The van der Waals surface area contributed by atoms with Gasteiger partial charge in [-0.1, -0.05) is 13.0 Å². The molecule has 0 amide bonds. The molecule has 0 aliphatic carbocycles. The maximum absolute atomic E-state index is 13.6. The first-order chi connectivity index (χ1) is 19.0. The van der Waals surface area contributed by atoms with Gasteiger partial charge < -0.3 is 10.2 Å². The molecule has 210 valence electrons. The summed E-state index contributed by atoms with van der Waals surface area (Å²) in [6.07, 6.45) is -6.53. The number of rotatable bonds is 6. The van der Waals surface area contributed by atoms with E-state index in [0.717, 1.165) is 50.9 Å². The van der Waals surface area contributed by atoms with Crippen LogP contribution in [0.4, 0.5) is 37.8 Å². The van der Waals surface area contributed by atoms with Crippen molar-refractivity contribution in [2.75, 3.05) is 38.0 Å². The molecular formula is C28H26F6N6. The predicted molar refractivity (Wildman–Crippen MR) is 140 cm³/mol. The van der Waals surface area contributed by atoms with Crippen molar-refractivity contribution in [3.8, 4) is 11.3 Å². The van der Waals surface area contributed by atoms with Gasteiger partial charge in [-0.05, 0) is 54.6 Å². The monoisotopic (exact) mass is 560 g/mol. The second-order valence-electron chi connectivity index (χ2n) is 9.56. The van der Waals surface area contributed by atoms with Gasteiger partial charge in [0.05, 0.1) is 22.3 Å². The maximum Gasteiger partial charge on any atom is 0.418 e. The van der Waals surface area contributed by atoms with E-state index in [1.54, 1.807) is 6.07 Å². The normalized spacial score (nSPS) is 15.5. The number of nitrogens with zero attached hydrogens (tertiary/aromatic N) is 5. The van der Waals surface area contributed by atoms with E-state index in [1.807, 2.05) is 0 Å². The number of hydrogen-bond acceptors (Lipinski definition) is 6. The number of pyridine rings is 1. The highest BCUT2D eigenvalue weighted by Crippen LogP contribution is 2.38. The van der Waals surface area contributed by atoms with Crippen LogP contribution in [0.5, 0.6) is 0 Å². The van der Waals surface area contributed by atoms with Crippen molar-refractivity contribution < 1.29 is 26.3 Å². The Balaban J connectivity index is 1.48. The van der Waals surface area contributed by atoms with Crippen molar-refractivity contribution >= 4 is 22.4 Å². The number of fused-ring (bicyclic) bond motifs is 1. The third-order valence-electron chi connectivity index (χ3n) is 7.01. The Bertz CT molecular complexity index is 1500. The van der Waals surface area contributed by atoms with Gasteiger partial charge in [0.1, 0.15) is 12.1 Å². The Morgan fingerprint density at radius 2 is 1.57 bits per heavy atom. The lowest BCUT2D eigenvalue weighted by atomic mass is 10.0. The fourth-order valence-corrected chi connectivity index (χ4v) is 4.82. The van der Waals surface area contributed by atoms with E-state index in [1.165, 1.54) is 36.8 Å². The highest BCUT2D eigenvalue weighted by atomic mass is 19.4. The first-order valence-corrected chi connectivity index (χ1v) is 12.7. The number of benzene rings is 2. The minimum atomic E-state index is -4.58. The van der Waals surface area contributed by atoms with Crippen LogP contribution in [0.2, 0.25) is 0 Å². The van der Waals surface area contributed by atoms with Gasteiger partial charge in [0.25, 0.3) is 0 Å². The van der Waals surface area contributed by atoms with Gasteiger partial charge in [0.2, 0.25) is 0 Å². The lowest BCUT2D eigenvalue weighted by Gasteiger charge is -2.34. The van der Waals surface area contributed by atoms with Crippen LogP contribution in [-0.4, -0.2) is 57.5 Å². The van der Waals surface area contributed by atoms with E-state index in [0.29, 0.717) is 34.5 Å². The summed E-state index contributed by atoms with van der Waals surface area (Å²) >= 11 is 0. The Labute approximate surface area is 226 Å². The minimum absolute atomic E-state index is 0.224. The van der Waals surface area contributed by atoms with Crippen molar-refractivity contribution in [1.82, 2.24) is 24.8 Å². The average molecular weight is 561 g/mol. The highest BCUT2D eigenvalue weighted by molar-refractivity contribution is 5.93. The molecule has 2 aromatic heterocycles. The van der Waals surface area contributed by atoms with Crippen molar-refractivity contribution in [3.63, 3.8) is 0 Å². The molecule has 0 radical (unpaired) electrons. The highest BCUT2D eigenvalue weighted by Gasteiger charge is 2.34. The molecule has 1 aliphatic heterocycles. The zero-order chi connectivity index (χ0) is 28.5. The van der Waals surface area contributed by atoms with E-state index in [9.17, 15) is 26.3 Å². The molecule has 3 heterocycles. The van der Waals surface area contributed by atoms with Crippen LogP contribution in [0.3, 0.4) is 0 Å². The molecule has 1 N–H and O–H groups in total. The van der Waals surface area contributed by atoms with Crippen molar-refractivity contribution in [1.29, 1.82) is 0 Å². The second-order valence-corrected chi connectivity index (χ2v) is 9.56. The molecular weight excluding hydrogens is 534 g/mol. The number of aromatic nitrogens is 3. The molecule has 1 aliphatic rings. The summed E-state index contributed by atoms with van der Waals surface area (Å²) < 4.78 is 81.3. The second kappa shape index (κ2) is 11.0. The summed E-state index contributed by atoms with van der Waals surface area (Å²) in [6.45, 7) is 6.45. The fraction of sp³-hybridized carbons (Fsp3) is 0.321. The van der Waals surface area contributed by atoms with E-state index in [2.05, 4.69) is 37.0 Å². The summed E-state index contributed by atoms with van der Waals surface area (Å²) in [5, 5.41) is 3.65. The molecule has 0 atom stereocenters. The number of hydrogen-bond donors (Lipinski definition) is 1. The van der Waals surface area contributed by atoms with Crippen molar-refractivity contribution in [2.24, 2.45) is 0 Å². The molecule has 12 heteroatoms. The zero-order valence-corrected chi connectivity index (χ0v) is 21.5. The summed E-state index contributed by atoms with van der Waals surface area (Å²) in [7, 11) is 0. The standard InChI is InChI=1S/C28H26F6N6/c1-2-39-10-12-40(13-11-39)16-19-14-20(27(29,30)31)6-8-23(19)38-26-21-7-5-18(15-24(21)36-17-37-26)25-22(28(32,33)34)4-3-9-35-25/h3-9,14-15,17H,2,10-13,16H2,1H3,(H,36,37,38). The molecule has 0 unspecified atom stereocenters. The Hall–Kier alpha value is -3.77. The molecule has 5 rings (SSSR count). The van der Waals surface area contributed by atoms with Crippen LogP contribution in [0.15, 0.2) is 61.1 Å². The molecule has 0 bridgehead atoms. The Morgan fingerprint density at radius 3 is 2.27 bits per heavy atom. The topological polar surface area (TPSA) is 57.2 Å². The van der Waals surface area contributed by atoms with Crippen LogP contribution in [0.1, 0.15) is 23.6 Å². The van der Waals surface area contributed by atoms with Crippen molar-refractivity contribution in [2.45, 2.75) is 25.8 Å². The Morgan fingerprint density at radius 1 is 0.825 bits per heavy atom. The summed E-state index contributed by atoms with van der Waals surface area (Å²) in [5.41, 5.74) is -0.322. The number of likely N-dealkylation sites (N-methyl/N-ethyl adjacent to an activating group) is 1. The summed E-state index contributed by atoms with van der Waals surface area (Å²) in [4.78, 5) is 16.8. The van der Waals surface area contributed by atoms with Crippen LogP contribution in [0, 0.1) is 0 Å². The molecule has 4 aromatic rings. The van der Waals surface area contributed by atoms with Gasteiger partial charge >= 0.3 is 12.4 Å². The van der Waals surface area contributed by atoms with Gasteiger partial charge in [-0.15, -0.1) is 0 Å². The quantitative estimate of drug-likeness (QED) is 0.268. The number of alkyl halides is 6. The van der Waals surface area contributed by atoms with Crippen LogP contribution in [0.25, 0.3) is 22.2 Å². The molecule has 1 fully saturated rings. The Kier molecular flexibility index (Phi) is 7.65.